The van der Waals surface area contributed by atoms with E-state index in [1.165, 1.54) is 0 Å². The van der Waals surface area contributed by atoms with E-state index in [1.807, 2.05) is 41.8 Å². The van der Waals surface area contributed by atoms with Crippen molar-refractivity contribution in [3.8, 4) is 5.75 Å². The number of rotatable bonds is 4. The van der Waals surface area contributed by atoms with Crippen LogP contribution in [0.15, 0.2) is 47.3 Å². The lowest BCUT2D eigenvalue weighted by atomic mass is 10.2. The summed E-state index contributed by atoms with van der Waals surface area (Å²) in [5, 5.41) is 0. The van der Waals surface area contributed by atoms with E-state index in [-0.39, 0.29) is 12.1 Å². The van der Waals surface area contributed by atoms with Gasteiger partial charge in [-0.1, -0.05) is 22.0 Å². The SMILES string of the molecule is C[C@@H](Oc1cc(Br)cc2ncn(C3CC3F)c12)c1ccccn1. The summed E-state index contributed by atoms with van der Waals surface area (Å²) in [7, 11) is 0. The molecular formula is C17H15BrFN3O. The quantitative estimate of drug-likeness (QED) is 0.667. The first-order valence-corrected chi connectivity index (χ1v) is 8.30. The van der Waals surface area contributed by atoms with Crippen molar-refractivity contribution in [3.63, 3.8) is 0 Å². The van der Waals surface area contributed by atoms with Gasteiger partial charge in [-0.2, -0.15) is 0 Å². The molecule has 3 aromatic rings. The summed E-state index contributed by atoms with van der Waals surface area (Å²) in [6.45, 7) is 1.95. The van der Waals surface area contributed by atoms with E-state index in [2.05, 4.69) is 25.9 Å². The predicted octanol–water partition coefficient (Wildman–Crippen LogP) is 4.62. The number of alkyl halides is 1. The second-order valence-corrected chi connectivity index (χ2v) is 6.67. The van der Waals surface area contributed by atoms with Gasteiger partial charge >= 0.3 is 0 Å². The molecule has 0 bridgehead atoms. The summed E-state index contributed by atoms with van der Waals surface area (Å²) in [5.41, 5.74) is 2.48. The van der Waals surface area contributed by atoms with Crippen LogP contribution in [0, 0.1) is 0 Å². The lowest BCUT2D eigenvalue weighted by Crippen LogP contribution is -2.06. The van der Waals surface area contributed by atoms with E-state index in [1.54, 1.807) is 12.5 Å². The zero-order valence-corrected chi connectivity index (χ0v) is 14.1. The van der Waals surface area contributed by atoms with Gasteiger partial charge in [-0.15, -0.1) is 0 Å². The zero-order valence-electron chi connectivity index (χ0n) is 12.5. The summed E-state index contributed by atoms with van der Waals surface area (Å²) in [6.07, 6.45) is 2.97. The topological polar surface area (TPSA) is 39.9 Å². The molecule has 1 aliphatic rings. The minimum atomic E-state index is -0.794. The van der Waals surface area contributed by atoms with Gasteiger partial charge in [0.05, 0.1) is 23.6 Å². The van der Waals surface area contributed by atoms with Crippen molar-refractivity contribution in [1.82, 2.24) is 14.5 Å². The van der Waals surface area contributed by atoms with Gasteiger partial charge in [-0.3, -0.25) is 4.98 Å². The maximum atomic E-state index is 13.5. The van der Waals surface area contributed by atoms with E-state index in [9.17, 15) is 4.39 Å². The molecule has 0 radical (unpaired) electrons. The monoisotopic (exact) mass is 375 g/mol. The third kappa shape index (κ3) is 2.72. The predicted molar refractivity (Wildman–Crippen MR) is 89.3 cm³/mol. The third-order valence-corrected chi connectivity index (χ3v) is 4.50. The third-order valence-electron chi connectivity index (χ3n) is 4.05. The Kier molecular flexibility index (Phi) is 3.56. The maximum absolute atomic E-state index is 13.5. The highest BCUT2D eigenvalue weighted by molar-refractivity contribution is 9.10. The van der Waals surface area contributed by atoms with Crippen molar-refractivity contribution in [2.24, 2.45) is 0 Å². The largest absolute Gasteiger partial charge is 0.482 e. The summed E-state index contributed by atoms with van der Waals surface area (Å²) in [4.78, 5) is 8.71. The van der Waals surface area contributed by atoms with Crippen LogP contribution in [0.3, 0.4) is 0 Å². The van der Waals surface area contributed by atoms with E-state index < -0.39 is 6.17 Å². The fourth-order valence-electron chi connectivity index (χ4n) is 2.75. The van der Waals surface area contributed by atoms with Crippen LogP contribution in [-0.2, 0) is 0 Å². The van der Waals surface area contributed by atoms with Crippen molar-refractivity contribution in [3.05, 3.63) is 53.0 Å². The number of imidazole rings is 1. The molecule has 1 aromatic carbocycles. The van der Waals surface area contributed by atoms with Crippen LogP contribution in [0.2, 0.25) is 0 Å². The molecule has 3 atom stereocenters. The standard InChI is InChI=1S/C17H15BrFN3O/c1-10(13-4-2-3-5-20-13)23-16-7-11(18)6-14-17(16)22(9-21-14)15-8-12(15)19/h2-7,9-10,12,15H,8H2,1H3/t10-,12?,15?/m1/s1. The van der Waals surface area contributed by atoms with Crippen LogP contribution in [0.5, 0.6) is 5.75 Å². The van der Waals surface area contributed by atoms with Crippen LogP contribution < -0.4 is 4.74 Å². The molecule has 6 heteroatoms. The molecule has 23 heavy (non-hydrogen) atoms. The van der Waals surface area contributed by atoms with Crippen LogP contribution in [0.1, 0.15) is 31.2 Å². The smallest absolute Gasteiger partial charge is 0.147 e. The Morgan fingerprint density at radius 2 is 2.17 bits per heavy atom. The van der Waals surface area contributed by atoms with Gasteiger partial charge in [0, 0.05) is 17.1 Å². The van der Waals surface area contributed by atoms with Gasteiger partial charge in [0.15, 0.2) is 0 Å². The van der Waals surface area contributed by atoms with Crippen LogP contribution in [0.25, 0.3) is 11.0 Å². The number of hydrogen-bond donors (Lipinski definition) is 0. The number of benzene rings is 1. The second kappa shape index (κ2) is 5.60. The first-order chi connectivity index (χ1) is 11.1. The van der Waals surface area contributed by atoms with Crippen LogP contribution in [0.4, 0.5) is 4.39 Å². The Hall–Kier alpha value is -1.95. The molecule has 2 heterocycles. The molecule has 2 aromatic heterocycles. The molecule has 0 saturated heterocycles. The van der Waals surface area contributed by atoms with Crippen molar-refractivity contribution >= 4 is 27.0 Å². The van der Waals surface area contributed by atoms with E-state index in [0.717, 1.165) is 21.2 Å². The molecule has 1 fully saturated rings. The fourth-order valence-corrected chi connectivity index (χ4v) is 3.17. The molecule has 0 aliphatic heterocycles. The van der Waals surface area contributed by atoms with Crippen molar-refractivity contribution in [2.45, 2.75) is 31.7 Å². The number of aromatic nitrogens is 3. The van der Waals surface area contributed by atoms with E-state index in [4.69, 9.17) is 4.74 Å². The van der Waals surface area contributed by atoms with E-state index in [0.29, 0.717) is 12.2 Å². The number of fused-ring (bicyclic) bond motifs is 1. The van der Waals surface area contributed by atoms with Gasteiger partial charge in [0.1, 0.15) is 23.5 Å². The molecule has 0 amide bonds. The minimum absolute atomic E-state index is 0.131. The van der Waals surface area contributed by atoms with Gasteiger partial charge in [0.25, 0.3) is 0 Å². The first-order valence-electron chi connectivity index (χ1n) is 7.51. The molecule has 0 N–H and O–H groups in total. The zero-order chi connectivity index (χ0) is 16.0. The highest BCUT2D eigenvalue weighted by atomic mass is 79.9. The Bertz CT molecular complexity index is 852. The van der Waals surface area contributed by atoms with Gasteiger partial charge < -0.3 is 9.30 Å². The van der Waals surface area contributed by atoms with Crippen LogP contribution >= 0.6 is 15.9 Å². The number of halogens is 2. The van der Waals surface area contributed by atoms with Gasteiger partial charge in [-0.05, 0) is 31.2 Å². The van der Waals surface area contributed by atoms with Crippen molar-refractivity contribution < 1.29 is 9.13 Å². The summed E-state index contributed by atoms with van der Waals surface area (Å²) in [5.74, 6) is 0.684. The molecule has 118 valence electrons. The second-order valence-electron chi connectivity index (χ2n) is 5.76. The van der Waals surface area contributed by atoms with Crippen LogP contribution in [-0.4, -0.2) is 20.7 Å². The lowest BCUT2D eigenvalue weighted by Gasteiger charge is -2.16. The summed E-state index contributed by atoms with van der Waals surface area (Å²) < 4.78 is 22.4. The first kappa shape index (κ1) is 14.6. The molecule has 1 aliphatic carbocycles. The molecule has 2 unspecified atom stereocenters. The number of pyridine rings is 1. The Balaban J connectivity index is 1.75. The normalized spacial score (nSPS) is 21.3. The van der Waals surface area contributed by atoms with Crippen molar-refractivity contribution in [2.75, 3.05) is 0 Å². The van der Waals surface area contributed by atoms with Gasteiger partial charge in [-0.25, -0.2) is 9.37 Å². The summed E-state index contributed by atoms with van der Waals surface area (Å²) >= 11 is 3.48. The number of hydrogen-bond acceptors (Lipinski definition) is 3. The molecular weight excluding hydrogens is 361 g/mol. The fraction of sp³-hybridized carbons (Fsp3) is 0.294. The summed E-state index contributed by atoms with van der Waals surface area (Å²) in [6, 6.07) is 9.41. The molecule has 4 nitrogen and oxygen atoms in total. The van der Waals surface area contributed by atoms with Crippen molar-refractivity contribution in [1.29, 1.82) is 0 Å². The number of nitrogens with zero attached hydrogens (tertiary/aromatic N) is 3. The Labute approximate surface area is 141 Å². The highest BCUT2D eigenvalue weighted by Crippen LogP contribution is 2.43. The minimum Gasteiger partial charge on any atom is -0.482 e. The molecule has 0 spiro atoms. The highest BCUT2D eigenvalue weighted by Gasteiger charge is 2.40. The van der Waals surface area contributed by atoms with Gasteiger partial charge in [0.2, 0.25) is 0 Å². The Morgan fingerprint density at radius 3 is 2.87 bits per heavy atom. The average Bonchev–Trinajstić information content (AvgIpc) is 3.11. The maximum Gasteiger partial charge on any atom is 0.147 e. The number of ether oxygens (including phenoxy) is 1. The van der Waals surface area contributed by atoms with E-state index >= 15 is 0 Å². The Morgan fingerprint density at radius 1 is 1.35 bits per heavy atom. The average molecular weight is 376 g/mol. The molecule has 4 rings (SSSR count). The molecule has 1 saturated carbocycles. The lowest BCUT2D eigenvalue weighted by molar-refractivity contribution is 0.223.